The van der Waals surface area contributed by atoms with Gasteiger partial charge in [-0.05, 0) is 56.0 Å². The summed E-state index contributed by atoms with van der Waals surface area (Å²) in [4.78, 5) is 0. The van der Waals surface area contributed by atoms with E-state index in [1.54, 1.807) is 0 Å². The van der Waals surface area contributed by atoms with Crippen LogP contribution in [0.2, 0.25) is 0 Å². The van der Waals surface area contributed by atoms with Crippen LogP contribution in [0.1, 0.15) is 5.56 Å². The molecule has 0 aliphatic heterocycles. The van der Waals surface area contributed by atoms with Gasteiger partial charge in [0.25, 0.3) is 0 Å². The standard InChI is InChI=1S/C8H9Br2NO/c9-6-3-5(1-2-12)4-7(10)8(6)11/h3-4,12H,1-2,11H2. The van der Waals surface area contributed by atoms with Gasteiger partial charge in [-0.3, -0.25) is 0 Å². The highest BCUT2D eigenvalue weighted by Gasteiger charge is 2.02. The first-order valence-corrected chi connectivity index (χ1v) is 5.08. The highest BCUT2D eigenvalue weighted by molar-refractivity contribution is 9.11. The van der Waals surface area contributed by atoms with Gasteiger partial charge in [0, 0.05) is 15.6 Å². The van der Waals surface area contributed by atoms with Gasteiger partial charge < -0.3 is 10.8 Å². The summed E-state index contributed by atoms with van der Waals surface area (Å²) in [5.74, 6) is 0. The van der Waals surface area contributed by atoms with Gasteiger partial charge in [0.15, 0.2) is 0 Å². The van der Waals surface area contributed by atoms with Gasteiger partial charge in [-0.25, -0.2) is 0 Å². The van der Waals surface area contributed by atoms with E-state index in [-0.39, 0.29) is 6.61 Å². The number of benzene rings is 1. The molecule has 0 heterocycles. The Morgan fingerprint density at radius 2 is 1.75 bits per heavy atom. The minimum atomic E-state index is 0.156. The number of nitrogen functional groups attached to an aromatic ring is 1. The predicted molar refractivity (Wildman–Crippen MR) is 57.0 cm³/mol. The molecule has 0 aromatic heterocycles. The third-order valence-corrected chi connectivity index (χ3v) is 2.85. The molecule has 0 aliphatic carbocycles. The van der Waals surface area contributed by atoms with Gasteiger partial charge in [-0.1, -0.05) is 0 Å². The number of rotatable bonds is 2. The van der Waals surface area contributed by atoms with Crippen LogP contribution in [0, 0.1) is 0 Å². The van der Waals surface area contributed by atoms with Gasteiger partial charge >= 0.3 is 0 Å². The molecule has 0 unspecified atom stereocenters. The Hall–Kier alpha value is -0.0600. The molecule has 4 heteroatoms. The molecular formula is C8H9Br2NO. The molecule has 0 fully saturated rings. The van der Waals surface area contributed by atoms with Crippen LogP contribution in [0.3, 0.4) is 0 Å². The van der Waals surface area contributed by atoms with Crippen molar-refractivity contribution >= 4 is 37.5 Å². The monoisotopic (exact) mass is 293 g/mol. The third-order valence-electron chi connectivity index (χ3n) is 1.54. The Bertz CT molecular complexity index is 265. The molecule has 3 N–H and O–H groups in total. The largest absolute Gasteiger partial charge is 0.397 e. The van der Waals surface area contributed by atoms with E-state index in [0.717, 1.165) is 14.5 Å². The second-order valence-electron chi connectivity index (χ2n) is 2.45. The number of anilines is 1. The predicted octanol–water partition coefficient (Wildman–Crippen LogP) is 2.33. The maximum atomic E-state index is 8.71. The molecule has 1 aromatic rings. The molecule has 1 rings (SSSR count). The van der Waals surface area contributed by atoms with Crippen LogP contribution in [0.5, 0.6) is 0 Å². The first-order chi connectivity index (χ1) is 5.65. The second-order valence-corrected chi connectivity index (χ2v) is 4.16. The summed E-state index contributed by atoms with van der Waals surface area (Å²) in [5.41, 5.74) is 7.44. The lowest BCUT2D eigenvalue weighted by atomic mass is 10.1. The van der Waals surface area contributed by atoms with Crippen LogP contribution < -0.4 is 5.73 Å². The van der Waals surface area contributed by atoms with Gasteiger partial charge in [0.2, 0.25) is 0 Å². The maximum absolute atomic E-state index is 8.71. The molecule has 12 heavy (non-hydrogen) atoms. The minimum Gasteiger partial charge on any atom is -0.397 e. The highest BCUT2D eigenvalue weighted by Crippen LogP contribution is 2.29. The maximum Gasteiger partial charge on any atom is 0.0603 e. The Balaban J connectivity index is 3.04. The van der Waals surface area contributed by atoms with Crippen LogP contribution >= 0.6 is 31.9 Å². The summed E-state index contributed by atoms with van der Waals surface area (Å²) in [6.07, 6.45) is 0.650. The van der Waals surface area contributed by atoms with Gasteiger partial charge in [-0.2, -0.15) is 0 Å². The molecule has 0 radical (unpaired) electrons. The van der Waals surface area contributed by atoms with Crippen molar-refractivity contribution in [3.8, 4) is 0 Å². The Morgan fingerprint density at radius 3 is 2.17 bits per heavy atom. The Kier molecular flexibility index (Phi) is 3.55. The summed E-state index contributed by atoms with van der Waals surface area (Å²) in [6, 6.07) is 3.83. The van der Waals surface area contributed by atoms with Crippen molar-refractivity contribution in [3.63, 3.8) is 0 Å². The number of halogens is 2. The van der Waals surface area contributed by atoms with Crippen molar-refractivity contribution in [1.29, 1.82) is 0 Å². The first kappa shape index (κ1) is 10.0. The molecule has 0 amide bonds. The highest BCUT2D eigenvalue weighted by atomic mass is 79.9. The van der Waals surface area contributed by atoms with Crippen LogP contribution in [0.25, 0.3) is 0 Å². The normalized spacial score (nSPS) is 10.2. The molecule has 0 saturated carbocycles. The first-order valence-electron chi connectivity index (χ1n) is 3.49. The summed E-state index contributed by atoms with van der Waals surface area (Å²) in [5, 5.41) is 8.71. The lowest BCUT2D eigenvalue weighted by Crippen LogP contribution is -1.94. The van der Waals surface area contributed by atoms with Crippen molar-refractivity contribution in [2.24, 2.45) is 0 Å². The molecule has 0 saturated heterocycles. The molecule has 0 bridgehead atoms. The lowest BCUT2D eigenvalue weighted by Gasteiger charge is -2.04. The molecule has 1 aromatic carbocycles. The van der Waals surface area contributed by atoms with E-state index in [1.165, 1.54) is 0 Å². The lowest BCUT2D eigenvalue weighted by molar-refractivity contribution is 0.299. The Morgan fingerprint density at radius 1 is 1.25 bits per heavy atom. The molecule has 0 aliphatic rings. The van der Waals surface area contributed by atoms with E-state index < -0.39 is 0 Å². The average Bonchev–Trinajstić information content (AvgIpc) is 2.01. The fourth-order valence-electron chi connectivity index (χ4n) is 0.910. The van der Waals surface area contributed by atoms with E-state index in [0.29, 0.717) is 12.1 Å². The molecule has 0 spiro atoms. The summed E-state index contributed by atoms with van der Waals surface area (Å²) >= 11 is 6.66. The van der Waals surface area contributed by atoms with Crippen LogP contribution in [-0.2, 0) is 6.42 Å². The van der Waals surface area contributed by atoms with Gasteiger partial charge in [0.1, 0.15) is 0 Å². The van der Waals surface area contributed by atoms with Crippen LogP contribution in [0.15, 0.2) is 21.1 Å². The van der Waals surface area contributed by atoms with Crippen LogP contribution in [-0.4, -0.2) is 11.7 Å². The van der Waals surface area contributed by atoms with Crippen molar-refractivity contribution in [2.75, 3.05) is 12.3 Å². The fraction of sp³-hybridized carbons (Fsp3) is 0.250. The second kappa shape index (κ2) is 4.25. The zero-order valence-corrected chi connectivity index (χ0v) is 9.52. The fourth-order valence-corrected chi connectivity index (χ4v) is 2.19. The Labute approximate surface area is 88.0 Å². The molecule has 2 nitrogen and oxygen atoms in total. The minimum absolute atomic E-state index is 0.156. The van der Waals surface area contributed by atoms with Crippen molar-refractivity contribution in [3.05, 3.63) is 26.6 Å². The van der Waals surface area contributed by atoms with E-state index in [4.69, 9.17) is 10.8 Å². The van der Waals surface area contributed by atoms with Gasteiger partial charge in [-0.15, -0.1) is 0 Å². The zero-order valence-electron chi connectivity index (χ0n) is 6.35. The molecule has 0 atom stereocenters. The third kappa shape index (κ3) is 2.21. The van der Waals surface area contributed by atoms with Crippen LogP contribution in [0.4, 0.5) is 5.69 Å². The number of aliphatic hydroxyl groups is 1. The summed E-state index contributed by atoms with van der Waals surface area (Å²) in [6.45, 7) is 0.156. The molecular weight excluding hydrogens is 286 g/mol. The summed E-state index contributed by atoms with van der Waals surface area (Å²) < 4.78 is 1.72. The zero-order chi connectivity index (χ0) is 9.14. The smallest absolute Gasteiger partial charge is 0.0603 e. The van der Waals surface area contributed by atoms with Crippen molar-refractivity contribution < 1.29 is 5.11 Å². The number of aliphatic hydroxyl groups excluding tert-OH is 1. The van der Waals surface area contributed by atoms with E-state index in [9.17, 15) is 0 Å². The van der Waals surface area contributed by atoms with E-state index in [1.807, 2.05) is 12.1 Å². The SMILES string of the molecule is Nc1c(Br)cc(CCO)cc1Br. The van der Waals surface area contributed by atoms with Crippen molar-refractivity contribution in [1.82, 2.24) is 0 Å². The number of nitrogens with two attached hydrogens (primary N) is 1. The van der Waals surface area contributed by atoms with Gasteiger partial charge in [0.05, 0.1) is 5.69 Å². The average molecular weight is 295 g/mol. The number of hydrogen-bond donors (Lipinski definition) is 2. The van der Waals surface area contributed by atoms with E-state index in [2.05, 4.69) is 31.9 Å². The van der Waals surface area contributed by atoms with Crippen molar-refractivity contribution in [2.45, 2.75) is 6.42 Å². The summed E-state index contributed by atoms with van der Waals surface area (Å²) in [7, 11) is 0. The quantitative estimate of drug-likeness (QED) is 0.823. The number of hydrogen-bond acceptors (Lipinski definition) is 2. The van der Waals surface area contributed by atoms with E-state index >= 15 is 0 Å². The molecule has 66 valence electrons. The topological polar surface area (TPSA) is 46.2 Å².